The van der Waals surface area contributed by atoms with Crippen molar-refractivity contribution in [3.05, 3.63) is 23.3 Å². The van der Waals surface area contributed by atoms with E-state index in [9.17, 15) is 0 Å². The van der Waals surface area contributed by atoms with Crippen LogP contribution in [0, 0.1) is 13.8 Å². The second-order valence-corrected chi connectivity index (χ2v) is 3.50. The molecule has 0 aliphatic rings. The molecule has 0 bridgehead atoms. The average molecular weight is 178 g/mol. The average Bonchev–Trinajstić information content (AvgIpc) is 2.13. The van der Waals surface area contributed by atoms with Gasteiger partial charge in [-0.25, -0.2) is 9.97 Å². The van der Waals surface area contributed by atoms with E-state index in [1.165, 1.54) is 11.3 Å². The second-order valence-electron chi connectivity index (χ2n) is 3.50. The highest BCUT2D eigenvalue weighted by Crippen LogP contribution is 2.23. The Labute approximate surface area is 80.4 Å². The Morgan fingerprint density at radius 1 is 1.23 bits per heavy atom. The molecule has 1 heterocycles. The standard InChI is InChI=1S/C11H18N2/c1-5-10(6-2)11-8(3)7-12-9(4)13-11/h7,10H,5-6H2,1-4H3. The molecule has 0 N–H and O–H groups in total. The summed E-state index contributed by atoms with van der Waals surface area (Å²) < 4.78 is 0. The van der Waals surface area contributed by atoms with Gasteiger partial charge in [0.1, 0.15) is 5.82 Å². The Morgan fingerprint density at radius 2 is 1.85 bits per heavy atom. The summed E-state index contributed by atoms with van der Waals surface area (Å²) in [6.45, 7) is 8.47. The summed E-state index contributed by atoms with van der Waals surface area (Å²) >= 11 is 0. The fourth-order valence-corrected chi connectivity index (χ4v) is 1.64. The first-order chi connectivity index (χ1) is 6.19. The van der Waals surface area contributed by atoms with Crippen LogP contribution in [0.3, 0.4) is 0 Å². The van der Waals surface area contributed by atoms with Gasteiger partial charge in [-0.15, -0.1) is 0 Å². The highest BCUT2D eigenvalue weighted by atomic mass is 14.9. The third-order valence-electron chi connectivity index (χ3n) is 2.50. The molecule has 0 saturated carbocycles. The minimum absolute atomic E-state index is 0.599. The van der Waals surface area contributed by atoms with Gasteiger partial charge in [0.25, 0.3) is 0 Å². The molecule has 0 aliphatic carbocycles. The van der Waals surface area contributed by atoms with Gasteiger partial charge in [-0.3, -0.25) is 0 Å². The molecule has 1 aromatic heterocycles. The zero-order valence-electron chi connectivity index (χ0n) is 8.96. The third-order valence-corrected chi connectivity index (χ3v) is 2.50. The minimum atomic E-state index is 0.599. The normalized spacial score (nSPS) is 10.8. The molecular weight excluding hydrogens is 160 g/mol. The molecule has 0 fully saturated rings. The summed E-state index contributed by atoms with van der Waals surface area (Å²) in [5, 5.41) is 0. The van der Waals surface area contributed by atoms with Crippen molar-refractivity contribution in [2.24, 2.45) is 0 Å². The molecule has 1 rings (SSSR count). The van der Waals surface area contributed by atoms with E-state index in [0.717, 1.165) is 18.7 Å². The van der Waals surface area contributed by atoms with Crippen molar-refractivity contribution in [1.29, 1.82) is 0 Å². The van der Waals surface area contributed by atoms with Crippen LogP contribution in [0.4, 0.5) is 0 Å². The predicted molar refractivity (Wildman–Crippen MR) is 54.8 cm³/mol. The lowest BCUT2D eigenvalue weighted by molar-refractivity contribution is 0.613. The highest BCUT2D eigenvalue weighted by molar-refractivity contribution is 5.19. The zero-order valence-corrected chi connectivity index (χ0v) is 8.96. The molecule has 72 valence electrons. The van der Waals surface area contributed by atoms with Crippen molar-refractivity contribution >= 4 is 0 Å². The summed E-state index contributed by atoms with van der Waals surface area (Å²) in [4.78, 5) is 8.68. The molecule has 0 amide bonds. The van der Waals surface area contributed by atoms with Crippen molar-refractivity contribution in [2.75, 3.05) is 0 Å². The number of rotatable bonds is 3. The molecule has 0 aromatic carbocycles. The van der Waals surface area contributed by atoms with Crippen LogP contribution in [0.5, 0.6) is 0 Å². The Hall–Kier alpha value is -0.920. The molecule has 2 nitrogen and oxygen atoms in total. The summed E-state index contributed by atoms with van der Waals surface area (Å²) in [5.41, 5.74) is 2.46. The van der Waals surface area contributed by atoms with E-state index in [0.29, 0.717) is 5.92 Å². The molecule has 1 aromatic rings. The molecule has 0 aliphatic heterocycles. The van der Waals surface area contributed by atoms with E-state index in [1.807, 2.05) is 13.1 Å². The molecule has 0 atom stereocenters. The van der Waals surface area contributed by atoms with Gasteiger partial charge in [-0.1, -0.05) is 13.8 Å². The van der Waals surface area contributed by atoms with Crippen LogP contribution in [-0.4, -0.2) is 9.97 Å². The lowest BCUT2D eigenvalue weighted by Gasteiger charge is -2.14. The van der Waals surface area contributed by atoms with Gasteiger partial charge in [-0.05, 0) is 32.3 Å². The Morgan fingerprint density at radius 3 is 2.38 bits per heavy atom. The largest absolute Gasteiger partial charge is 0.241 e. The van der Waals surface area contributed by atoms with E-state index >= 15 is 0 Å². The van der Waals surface area contributed by atoms with Crippen molar-refractivity contribution in [1.82, 2.24) is 9.97 Å². The fraction of sp³-hybridized carbons (Fsp3) is 0.636. The summed E-state index contributed by atoms with van der Waals surface area (Å²) in [7, 11) is 0. The van der Waals surface area contributed by atoms with E-state index in [1.54, 1.807) is 0 Å². The summed E-state index contributed by atoms with van der Waals surface area (Å²) in [6.07, 6.45) is 4.25. The maximum absolute atomic E-state index is 4.50. The summed E-state index contributed by atoms with van der Waals surface area (Å²) in [5.74, 6) is 1.48. The first kappa shape index (κ1) is 10.2. The van der Waals surface area contributed by atoms with Crippen LogP contribution in [0.25, 0.3) is 0 Å². The smallest absolute Gasteiger partial charge is 0.125 e. The topological polar surface area (TPSA) is 25.8 Å². The van der Waals surface area contributed by atoms with E-state index in [-0.39, 0.29) is 0 Å². The SMILES string of the molecule is CCC(CC)c1nc(C)ncc1C. The van der Waals surface area contributed by atoms with Crippen LogP contribution in [0.1, 0.15) is 49.7 Å². The molecule has 2 heteroatoms. The molecule has 0 spiro atoms. The predicted octanol–water partition coefficient (Wildman–Crippen LogP) is 3.00. The van der Waals surface area contributed by atoms with Crippen LogP contribution in [0.15, 0.2) is 6.20 Å². The first-order valence-electron chi connectivity index (χ1n) is 4.99. The maximum atomic E-state index is 4.50. The van der Waals surface area contributed by atoms with E-state index in [4.69, 9.17) is 0 Å². The third kappa shape index (κ3) is 2.27. The van der Waals surface area contributed by atoms with E-state index < -0.39 is 0 Å². The molecule has 0 unspecified atom stereocenters. The molecular formula is C11H18N2. The summed E-state index contributed by atoms with van der Waals surface area (Å²) in [6, 6.07) is 0. The Kier molecular flexibility index (Phi) is 3.40. The first-order valence-corrected chi connectivity index (χ1v) is 4.99. The van der Waals surface area contributed by atoms with Crippen LogP contribution in [-0.2, 0) is 0 Å². The van der Waals surface area contributed by atoms with Crippen molar-refractivity contribution in [3.63, 3.8) is 0 Å². The molecule has 0 radical (unpaired) electrons. The monoisotopic (exact) mass is 178 g/mol. The van der Waals surface area contributed by atoms with Gasteiger partial charge in [0.2, 0.25) is 0 Å². The molecule has 13 heavy (non-hydrogen) atoms. The number of aromatic nitrogens is 2. The quantitative estimate of drug-likeness (QED) is 0.711. The number of hydrogen-bond acceptors (Lipinski definition) is 2. The number of nitrogens with zero attached hydrogens (tertiary/aromatic N) is 2. The Bertz CT molecular complexity index is 277. The zero-order chi connectivity index (χ0) is 9.84. The van der Waals surface area contributed by atoms with Crippen molar-refractivity contribution in [2.45, 2.75) is 46.5 Å². The van der Waals surface area contributed by atoms with Gasteiger partial charge < -0.3 is 0 Å². The highest BCUT2D eigenvalue weighted by Gasteiger charge is 2.11. The molecule has 0 saturated heterocycles. The fourth-order valence-electron chi connectivity index (χ4n) is 1.64. The number of hydrogen-bond donors (Lipinski definition) is 0. The van der Waals surface area contributed by atoms with Crippen LogP contribution >= 0.6 is 0 Å². The Balaban J connectivity index is 3.03. The second kappa shape index (κ2) is 4.35. The van der Waals surface area contributed by atoms with E-state index in [2.05, 4.69) is 30.7 Å². The van der Waals surface area contributed by atoms with Gasteiger partial charge in [0, 0.05) is 12.1 Å². The van der Waals surface area contributed by atoms with Gasteiger partial charge in [-0.2, -0.15) is 0 Å². The lowest BCUT2D eigenvalue weighted by atomic mass is 9.96. The van der Waals surface area contributed by atoms with Crippen molar-refractivity contribution in [3.8, 4) is 0 Å². The van der Waals surface area contributed by atoms with Gasteiger partial charge in [0.05, 0.1) is 5.69 Å². The lowest BCUT2D eigenvalue weighted by Crippen LogP contribution is -2.04. The van der Waals surface area contributed by atoms with Crippen molar-refractivity contribution < 1.29 is 0 Å². The minimum Gasteiger partial charge on any atom is -0.241 e. The number of aryl methyl sites for hydroxylation is 2. The van der Waals surface area contributed by atoms with Crippen LogP contribution < -0.4 is 0 Å². The maximum Gasteiger partial charge on any atom is 0.125 e. The van der Waals surface area contributed by atoms with Gasteiger partial charge >= 0.3 is 0 Å². The van der Waals surface area contributed by atoms with Gasteiger partial charge in [0.15, 0.2) is 0 Å². The van der Waals surface area contributed by atoms with Crippen LogP contribution in [0.2, 0.25) is 0 Å².